The number of anilines is 1. The van der Waals surface area contributed by atoms with Gasteiger partial charge in [0.25, 0.3) is 11.6 Å². The minimum atomic E-state index is -0.553. The number of benzene rings is 3. The molecule has 0 aliphatic rings. The molecule has 4 rings (SSSR count). The fourth-order valence-corrected chi connectivity index (χ4v) is 3.41. The Bertz CT molecular complexity index is 1330. The summed E-state index contributed by atoms with van der Waals surface area (Å²) >= 11 is 6.14. The zero-order valence-electron chi connectivity index (χ0n) is 16.4. The molecule has 0 saturated heterocycles. The van der Waals surface area contributed by atoms with Crippen LogP contribution in [0.2, 0.25) is 5.02 Å². The molecule has 1 heterocycles. The van der Waals surface area contributed by atoms with Crippen LogP contribution in [0.4, 0.5) is 11.4 Å². The van der Waals surface area contributed by atoms with Gasteiger partial charge < -0.3 is 9.73 Å². The number of carbonyl (C=O) groups excluding carboxylic acids is 2. The van der Waals surface area contributed by atoms with Crippen LogP contribution < -0.4 is 5.32 Å². The second kappa shape index (κ2) is 8.87. The van der Waals surface area contributed by atoms with Crippen LogP contribution >= 0.6 is 11.6 Å². The Balaban J connectivity index is 1.57. The second-order valence-corrected chi connectivity index (χ2v) is 7.19. The van der Waals surface area contributed by atoms with Gasteiger partial charge in [0, 0.05) is 28.8 Å². The number of para-hydroxylation sites is 1. The van der Waals surface area contributed by atoms with Crippen molar-refractivity contribution in [1.82, 2.24) is 0 Å². The third-order valence-corrected chi connectivity index (χ3v) is 5.03. The van der Waals surface area contributed by atoms with Crippen LogP contribution in [0.15, 0.2) is 89.3 Å². The molecular formula is C24H15ClN2O5. The fraction of sp³-hybridized carbons (Fsp3) is 0. The van der Waals surface area contributed by atoms with Crippen molar-refractivity contribution >= 4 is 34.7 Å². The zero-order valence-corrected chi connectivity index (χ0v) is 17.2. The standard InChI is InChI=1S/C24H15ClN2O5/c25-19-14-16(27(30)31)10-11-17(19)21-12-13-22(32-21)24(29)26-20-9-5-4-8-18(20)23(28)15-6-2-1-3-7-15/h1-14H,(H,26,29). The largest absolute Gasteiger partial charge is 0.451 e. The summed E-state index contributed by atoms with van der Waals surface area (Å²) < 4.78 is 5.62. The normalized spacial score (nSPS) is 10.5. The molecule has 1 N–H and O–H groups in total. The molecule has 158 valence electrons. The lowest BCUT2D eigenvalue weighted by Crippen LogP contribution is -2.14. The topological polar surface area (TPSA) is 102 Å². The summed E-state index contributed by atoms with van der Waals surface area (Å²) in [6.07, 6.45) is 0. The number of ketones is 1. The monoisotopic (exact) mass is 446 g/mol. The van der Waals surface area contributed by atoms with Crippen molar-refractivity contribution in [2.24, 2.45) is 0 Å². The number of rotatable bonds is 6. The SMILES string of the molecule is O=C(Nc1ccccc1C(=O)c1ccccc1)c1ccc(-c2ccc([N+](=O)[O-])cc2Cl)o1. The maximum Gasteiger partial charge on any atom is 0.291 e. The third-order valence-electron chi connectivity index (χ3n) is 4.71. The van der Waals surface area contributed by atoms with E-state index in [9.17, 15) is 19.7 Å². The predicted molar refractivity (Wildman–Crippen MR) is 120 cm³/mol. The maximum absolute atomic E-state index is 12.8. The molecule has 0 aliphatic heterocycles. The van der Waals surface area contributed by atoms with Gasteiger partial charge in [-0.1, -0.05) is 54.1 Å². The van der Waals surface area contributed by atoms with Crippen LogP contribution in [-0.2, 0) is 0 Å². The van der Waals surface area contributed by atoms with Crippen molar-refractivity contribution < 1.29 is 18.9 Å². The molecule has 0 atom stereocenters. The quantitative estimate of drug-likeness (QED) is 0.222. The van der Waals surface area contributed by atoms with Crippen LogP contribution in [0, 0.1) is 10.1 Å². The molecular weight excluding hydrogens is 432 g/mol. The summed E-state index contributed by atoms with van der Waals surface area (Å²) in [7, 11) is 0. The van der Waals surface area contributed by atoms with E-state index in [1.165, 1.54) is 24.3 Å². The van der Waals surface area contributed by atoms with Crippen LogP contribution in [0.25, 0.3) is 11.3 Å². The number of hydrogen-bond acceptors (Lipinski definition) is 5. The minimum Gasteiger partial charge on any atom is -0.451 e. The van der Waals surface area contributed by atoms with Crippen molar-refractivity contribution in [2.45, 2.75) is 0 Å². The molecule has 0 spiro atoms. The molecule has 4 aromatic rings. The second-order valence-electron chi connectivity index (χ2n) is 6.78. The third kappa shape index (κ3) is 4.28. The minimum absolute atomic E-state index is 0.00335. The molecule has 8 heteroatoms. The highest BCUT2D eigenvalue weighted by Gasteiger charge is 2.19. The summed E-state index contributed by atoms with van der Waals surface area (Å²) in [5, 5.41) is 13.7. The number of nitro benzene ring substituents is 1. The van der Waals surface area contributed by atoms with Crippen LogP contribution in [0.3, 0.4) is 0 Å². The van der Waals surface area contributed by atoms with Crippen LogP contribution in [0.5, 0.6) is 0 Å². The van der Waals surface area contributed by atoms with Gasteiger partial charge in [0.05, 0.1) is 15.6 Å². The fourth-order valence-electron chi connectivity index (χ4n) is 3.14. The van der Waals surface area contributed by atoms with E-state index < -0.39 is 10.8 Å². The maximum atomic E-state index is 12.8. The van der Waals surface area contributed by atoms with Gasteiger partial charge in [0.2, 0.25) is 0 Å². The summed E-state index contributed by atoms with van der Waals surface area (Å²) in [5.41, 5.74) is 1.45. The average Bonchev–Trinajstić information content (AvgIpc) is 3.29. The number of furan rings is 1. The Morgan fingerprint density at radius 1 is 0.906 bits per heavy atom. The highest BCUT2D eigenvalue weighted by Crippen LogP contribution is 2.32. The molecule has 7 nitrogen and oxygen atoms in total. The smallest absolute Gasteiger partial charge is 0.291 e. The van der Waals surface area contributed by atoms with E-state index in [1.54, 1.807) is 54.6 Å². The van der Waals surface area contributed by atoms with Crippen molar-refractivity contribution in [3.05, 3.63) is 117 Å². The van der Waals surface area contributed by atoms with Gasteiger partial charge in [-0.15, -0.1) is 0 Å². The number of nitrogens with zero attached hydrogens (tertiary/aromatic N) is 1. The van der Waals surface area contributed by atoms with E-state index in [-0.39, 0.29) is 28.0 Å². The van der Waals surface area contributed by atoms with Gasteiger partial charge in [0.1, 0.15) is 5.76 Å². The van der Waals surface area contributed by atoms with Gasteiger partial charge in [-0.05, 0) is 30.3 Å². The lowest BCUT2D eigenvalue weighted by molar-refractivity contribution is -0.384. The molecule has 0 aliphatic carbocycles. The molecule has 0 unspecified atom stereocenters. The van der Waals surface area contributed by atoms with Crippen LogP contribution in [-0.4, -0.2) is 16.6 Å². The number of amides is 1. The van der Waals surface area contributed by atoms with E-state index in [0.29, 0.717) is 22.4 Å². The first-order chi connectivity index (χ1) is 15.4. The van der Waals surface area contributed by atoms with Crippen molar-refractivity contribution in [1.29, 1.82) is 0 Å². The first kappa shape index (κ1) is 21.0. The van der Waals surface area contributed by atoms with Gasteiger partial charge in [0.15, 0.2) is 11.5 Å². The molecule has 0 radical (unpaired) electrons. The average molecular weight is 447 g/mol. The summed E-state index contributed by atoms with van der Waals surface area (Å²) in [4.78, 5) is 35.9. The van der Waals surface area contributed by atoms with Gasteiger partial charge in [-0.3, -0.25) is 19.7 Å². The molecule has 0 fully saturated rings. The van der Waals surface area contributed by atoms with Crippen LogP contribution in [0.1, 0.15) is 26.5 Å². The van der Waals surface area contributed by atoms with E-state index in [0.717, 1.165) is 0 Å². The summed E-state index contributed by atoms with van der Waals surface area (Å²) in [5.74, 6) is -0.498. The first-order valence-electron chi connectivity index (χ1n) is 9.48. The Morgan fingerprint density at radius 3 is 2.34 bits per heavy atom. The number of hydrogen-bond donors (Lipinski definition) is 1. The Kier molecular flexibility index (Phi) is 5.83. The van der Waals surface area contributed by atoms with E-state index in [1.807, 2.05) is 6.07 Å². The van der Waals surface area contributed by atoms with Gasteiger partial charge >= 0.3 is 0 Å². The number of nitro groups is 1. The molecule has 1 amide bonds. The number of halogens is 1. The van der Waals surface area contributed by atoms with Crippen molar-refractivity contribution in [3.63, 3.8) is 0 Å². The van der Waals surface area contributed by atoms with E-state index in [4.69, 9.17) is 16.0 Å². The number of carbonyl (C=O) groups is 2. The Labute approximate surface area is 187 Å². The van der Waals surface area contributed by atoms with Crippen molar-refractivity contribution in [3.8, 4) is 11.3 Å². The molecule has 1 aromatic heterocycles. The molecule has 32 heavy (non-hydrogen) atoms. The van der Waals surface area contributed by atoms with E-state index in [2.05, 4.69) is 5.32 Å². The highest BCUT2D eigenvalue weighted by molar-refractivity contribution is 6.33. The Morgan fingerprint density at radius 2 is 1.62 bits per heavy atom. The highest BCUT2D eigenvalue weighted by atomic mass is 35.5. The molecule has 3 aromatic carbocycles. The van der Waals surface area contributed by atoms with Gasteiger partial charge in [-0.2, -0.15) is 0 Å². The summed E-state index contributed by atoms with van der Waals surface area (Å²) in [6.45, 7) is 0. The first-order valence-corrected chi connectivity index (χ1v) is 9.86. The van der Waals surface area contributed by atoms with E-state index >= 15 is 0 Å². The Hall–Kier alpha value is -4.23. The summed E-state index contributed by atoms with van der Waals surface area (Å²) in [6, 6.07) is 22.4. The number of nitrogens with one attached hydrogen (secondary N) is 1. The lowest BCUT2D eigenvalue weighted by Gasteiger charge is -2.09. The van der Waals surface area contributed by atoms with Crippen molar-refractivity contribution in [2.75, 3.05) is 5.32 Å². The molecule has 0 bridgehead atoms. The van der Waals surface area contributed by atoms with Gasteiger partial charge in [-0.25, -0.2) is 0 Å². The number of non-ortho nitro benzene ring substituents is 1. The zero-order chi connectivity index (χ0) is 22.7. The molecule has 0 saturated carbocycles. The predicted octanol–water partition coefficient (Wildman–Crippen LogP) is 5.99. The lowest BCUT2D eigenvalue weighted by atomic mass is 10.0.